The predicted octanol–water partition coefficient (Wildman–Crippen LogP) is -1.09. The first-order chi connectivity index (χ1) is 9.67. The smallest absolute Gasteiger partial charge is 0.165 e. The molecule has 3 rings (SSSR count). The van der Waals surface area contributed by atoms with Crippen molar-refractivity contribution in [1.82, 2.24) is 19.5 Å². The molecule has 2 aromatic rings. The molecule has 0 aliphatic carbocycles. The number of ether oxygens (including phenoxy) is 1. The molecule has 4 atom stereocenters. The van der Waals surface area contributed by atoms with Gasteiger partial charge in [-0.15, -0.1) is 0 Å². The summed E-state index contributed by atoms with van der Waals surface area (Å²) in [6.07, 6.45) is -1.78. The van der Waals surface area contributed by atoms with Crippen LogP contribution < -0.4 is 0 Å². The Balaban J connectivity index is 2.03. The van der Waals surface area contributed by atoms with Crippen LogP contribution in [-0.4, -0.2) is 59.8 Å². The lowest BCUT2D eigenvalue weighted by atomic mass is 10.1. The highest BCUT2D eigenvalue weighted by molar-refractivity contribution is 5.73. The molecule has 1 aliphatic rings. The van der Waals surface area contributed by atoms with Gasteiger partial charge < -0.3 is 20.1 Å². The molecule has 1 fully saturated rings. The third-order valence-corrected chi connectivity index (χ3v) is 3.35. The number of rotatable bonds is 3. The van der Waals surface area contributed by atoms with E-state index in [1.54, 1.807) is 0 Å². The number of alkyl halides is 1. The molecule has 8 nitrogen and oxygen atoms in total. The summed E-state index contributed by atoms with van der Waals surface area (Å²) in [6, 6.07) is 0. The van der Waals surface area contributed by atoms with Gasteiger partial charge in [-0.25, -0.2) is 19.3 Å². The van der Waals surface area contributed by atoms with Crippen molar-refractivity contribution in [3.63, 3.8) is 0 Å². The number of aliphatic hydroxyl groups excluding tert-OH is 3. The molecule has 108 valence electrons. The highest BCUT2D eigenvalue weighted by Crippen LogP contribution is 2.31. The number of aliphatic hydroxyl groups is 3. The first-order valence-corrected chi connectivity index (χ1v) is 6.02. The third-order valence-electron chi connectivity index (χ3n) is 3.35. The van der Waals surface area contributed by atoms with Crippen LogP contribution in [0.1, 0.15) is 11.9 Å². The Bertz CT molecular complexity index is 621. The van der Waals surface area contributed by atoms with Crippen molar-refractivity contribution in [2.24, 2.45) is 0 Å². The maximum Gasteiger partial charge on any atom is 0.165 e. The number of nitrogens with zero attached hydrogens (tertiary/aromatic N) is 4. The monoisotopic (exact) mass is 284 g/mol. The normalized spacial score (nSPS) is 30.2. The molecule has 0 spiro atoms. The van der Waals surface area contributed by atoms with Crippen LogP contribution in [0, 0.1) is 0 Å². The van der Waals surface area contributed by atoms with E-state index < -0.39 is 37.8 Å². The van der Waals surface area contributed by atoms with Gasteiger partial charge in [0.2, 0.25) is 0 Å². The molecule has 3 heterocycles. The van der Waals surface area contributed by atoms with Crippen LogP contribution in [-0.2, 0) is 11.4 Å². The quantitative estimate of drug-likeness (QED) is 0.656. The lowest BCUT2D eigenvalue weighted by Crippen LogP contribution is -2.33. The molecule has 9 heteroatoms. The van der Waals surface area contributed by atoms with Crippen LogP contribution in [0.25, 0.3) is 11.2 Å². The Labute approximate surface area is 112 Å². The van der Waals surface area contributed by atoms with E-state index in [2.05, 4.69) is 15.0 Å². The Morgan fingerprint density at radius 1 is 1.25 bits per heavy atom. The van der Waals surface area contributed by atoms with Crippen molar-refractivity contribution in [3.8, 4) is 0 Å². The summed E-state index contributed by atoms with van der Waals surface area (Å²) in [7, 11) is 0. The summed E-state index contributed by atoms with van der Waals surface area (Å²) in [5.41, 5.74) is 0.704. The van der Waals surface area contributed by atoms with Crippen molar-refractivity contribution >= 4 is 11.2 Å². The molecule has 0 saturated carbocycles. The number of imidazole rings is 1. The molecule has 1 unspecified atom stereocenters. The Kier molecular flexibility index (Phi) is 3.34. The van der Waals surface area contributed by atoms with E-state index >= 15 is 0 Å². The fourth-order valence-electron chi connectivity index (χ4n) is 2.29. The molecule has 1 aliphatic heterocycles. The largest absolute Gasteiger partial charge is 0.394 e. The molecular weight excluding hydrogens is 271 g/mol. The lowest BCUT2D eigenvalue weighted by molar-refractivity contribution is -0.0511. The summed E-state index contributed by atoms with van der Waals surface area (Å²) in [5.74, 6) is 0. The van der Waals surface area contributed by atoms with Crippen LogP contribution in [0.5, 0.6) is 0 Å². The summed E-state index contributed by atoms with van der Waals surface area (Å²) in [6.45, 7) is -1.21. The SMILES string of the molecule is OC[C@H]1OC(n2cnc3c(CF)ncnc32)[C@H](O)[C@@H]1O. The second-order valence-corrected chi connectivity index (χ2v) is 4.51. The van der Waals surface area contributed by atoms with Gasteiger partial charge in [0.05, 0.1) is 12.9 Å². The maximum atomic E-state index is 12.8. The van der Waals surface area contributed by atoms with Crippen molar-refractivity contribution < 1.29 is 24.4 Å². The van der Waals surface area contributed by atoms with Crippen LogP contribution >= 0.6 is 0 Å². The second-order valence-electron chi connectivity index (χ2n) is 4.51. The number of fused-ring (bicyclic) bond motifs is 1. The fourth-order valence-corrected chi connectivity index (χ4v) is 2.29. The first kappa shape index (κ1) is 13.3. The summed E-state index contributed by atoms with van der Waals surface area (Å²) in [5, 5.41) is 28.8. The van der Waals surface area contributed by atoms with Crippen molar-refractivity contribution in [2.75, 3.05) is 6.61 Å². The topological polar surface area (TPSA) is 114 Å². The molecule has 0 bridgehead atoms. The standard InChI is InChI=1S/C11H13FN4O4/c12-1-5-7-10(14-3-13-5)16(4-15-7)11-9(19)8(18)6(2-17)20-11/h3-4,6,8-9,11,17-19H,1-2H2/t6-,8-,9-,11?/m1/s1. The first-order valence-electron chi connectivity index (χ1n) is 6.02. The summed E-state index contributed by atoms with van der Waals surface area (Å²) >= 11 is 0. The van der Waals surface area contributed by atoms with Gasteiger partial charge in [-0.2, -0.15) is 0 Å². The van der Waals surface area contributed by atoms with Crippen LogP contribution in [0.15, 0.2) is 12.7 Å². The third kappa shape index (κ3) is 1.86. The maximum absolute atomic E-state index is 12.8. The van der Waals surface area contributed by atoms with Gasteiger partial charge in [0.1, 0.15) is 42.5 Å². The average Bonchev–Trinajstić information content (AvgIpc) is 3.01. The molecule has 0 amide bonds. The highest BCUT2D eigenvalue weighted by Gasteiger charge is 2.43. The van der Waals surface area contributed by atoms with E-state index in [1.807, 2.05) is 0 Å². The van der Waals surface area contributed by atoms with Gasteiger partial charge in [-0.05, 0) is 0 Å². The van der Waals surface area contributed by atoms with Gasteiger partial charge in [0.15, 0.2) is 11.9 Å². The molecule has 1 saturated heterocycles. The molecular formula is C11H13FN4O4. The summed E-state index contributed by atoms with van der Waals surface area (Å²) in [4.78, 5) is 11.8. The van der Waals surface area contributed by atoms with Crippen molar-refractivity contribution in [3.05, 3.63) is 18.3 Å². The van der Waals surface area contributed by atoms with Crippen molar-refractivity contribution in [1.29, 1.82) is 0 Å². The average molecular weight is 284 g/mol. The van der Waals surface area contributed by atoms with Crippen LogP contribution in [0.4, 0.5) is 4.39 Å². The minimum absolute atomic E-state index is 0.139. The zero-order valence-corrected chi connectivity index (χ0v) is 10.3. The van der Waals surface area contributed by atoms with Crippen LogP contribution in [0.3, 0.4) is 0 Å². The Hall–Kier alpha value is -1.68. The minimum atomic E-state index is -1.24. The molecule has 3 N–H and O–H groups in total. The molecule has 0 radical (unpaired) electrons. The second kappa shape index (κ2) is 5.02. The van der Waals surface area contributed by atoms with E-state index in [1.165, 1.54) is 17.2 Å². The van der Waals surface area contributed by atoms with Gasteiger partial charge in [0.25, 0.3) is 0 Å². The predicted molar refractivity (Wildman–Crippen MR) is 63.1 cm³/mol. The van der Waals surface area contributed by atoms with E-state index in [4.69, 9.17) is 9.84 Å². The molecule has 2 aromatic heterocycles. The molecule has 0 aromatic carbocycles. The minimum Gasteiger partial charge on any atom is -0.394 e. The van der Waals surface area contributed by atoms with Gasteiger partial charge in [-0.3, -0.25) is 4.57 Å². The summed E-state index contributed by atoms with van der Waals surface area (Å²) < 4.78 is 19.6. The highest BCUT2D eigenvalue weighted by atomic mass is 19.1. The fraction of sp³-hybridized carbons (Fsp3) is 0.545. The van der Waals surface area contributed by atoms with E-state index in [0.29, 0.717) is 5.65 Å². The van der Waals surface area contributed by atoms with E-state index in [-0.39, 0.29) is 11.2 Å². The number of aromatic nitrogens is 4. The Morgan fingerprint density at radius 2 is 2.05 bits per heavy atom. The van der Waals surface area contributed by atoms with Crippen molar-refractivity contribution in [2.45, 2.75) is 31.2 Å². The molecule has 20 heavy (non-hydrogen) atoms. The number of hydrogen-bond donors (Lipinski definition) is 3. The van der Waals surface area contributed by atoms with Crippen LogP contribution in [0.2, 0.25) is 0 Å². The number of halogens is 1. The van der Waals surface area contributed by atoms with Gasteiger partial charge >= 0.3 is 0 Å². The van der Waals surface area contributed by atoms with E-state index in [9.17, 15) is 14.6 Å². The number of hydrogen-bond acceptors (Lipinski definition) is 7. The van der Waals surface area contributed by atoms with E-state index in [0.717, 1.165) is 0 Å². The zero-order chi connectivity index (χ0) is 14.3. The Morgan fingerprint density at radius 3 is 2.70 bits per heavy atom. The van der Waals surface area contributed by atoms with Gasteiger partial charge in [0, 0.05) is 0 Å². The van der Waals surface area contributed by atoms with Gasteiger partial charge in [-0.1, -0.05) is 0 Å². The zero-order valence-electron chi connectivity index (χ0n) is 10.3. The lowest BCUT2D eigenvalue weighted by Gasteiger charge is -2.16.